The average Bonchev–Trinajstić information content (AvgIpc) is 2.37. The van der Waals surface area contributed by atoms with Crippen molar-refractivity contribution in [3.63, 3.8) is 0 Å². The molecule has 0 atom stereocenters. The highest BCUT2D eigenvalue weighted by atomic mass is 35.5. The minimum absolute atomic E-state index is 0.0786. The largest absolute Gasteiger partial charge is 0.370 e. The fourth-order valence-corrected chi connectivity index (χ4v) is 2.00. The van der Waals surface area contributed by atoms with Crippen LogP contribution in [0.15, 0.2) is 30.3 Å². The Morgan fingerprint density at radius 1 is 1.40 bits per heavy atom. The molecule has 1 aromatic heterocycles. The molecule has 0 unspecified atom stereocenters. The van der Waals surface area contributed by atoms with Crippen LogP contribution in [-0.2, 0) is 0 Å². The van der Waals surface area contributed by atoms with Crippen molar-refractivity contribution < 1.29 is 9.31 Å². The van der Waals surface area contributed by atoms with Gasteiger partial charge in [-0.1, -0.05) is 11.6 Å². The maximum absolute atomic E-state index is 13.4. The van der Waals surface area contributed by atoms with E-state index in [9.17, 15) is 14.5 Å². The summed E-state index contributed by atoms with van der Waals surface area (Å²) in [6, 6.07) is 6.57. The molecule has 104 valence electrons. The van der Waals surface area contributed by atoms with E-state index in [1.807, 2.05) is 6.92 Å². The molecule has 0 saturated carbocycles. The van der Waals surface area contributed by atoms with Gasteiger partial charge in [-0.2, -0.15) is 0 Å². The molecular weight excluding hydrogens is 285 g/mol. The minimum atomic E-state index is -0.572. The summed E-state index contributed by atoms with van der Waals surface area (Å²) >= 11 is 5.78. The van der Waals surface area contributed by atoms with Gasteiger partial charge >= 0.3 is 0 Å². The van der Waals surface area contributed by atoms with Crippen LogP contribution < -0.4 is 5.32 Å². The van der Waals surface area contributed by atoms with Crippen molar-refractivity contribution >= 4 is 23.1 Å². The standard InChI is InChI=1S/C13H11ClFN3O2/c1-2-16-12-4-3-11(18(19)20)13(17-12)8-5-9(14)7-10(15)6-8/h3-7H,2H2,1H3,(H,16,17). The van der Waals surface area contributed by atoms with Gasteiger partial charge in [0.05, 0.1) is 4.92 Å². The summed E-state index contributed by atoms with van der Waals surface area (Å²) in [7, 11) is 0. The van der Waals surface area contributed by atoms with Gasteiger partial charge in [0, 0.05) is 23.2 Å². The number of aromatic nitrogens is 1. The molecule has 0 fully saturated rings. The molecule has 2 rings (SSSR count). The normalized spacial score (nSPS) is 10.3. The van der Waals surface area contributed by atoms with Crippen molar-refractivity contribution in [2.45, 2.75) is 6.92 Å². The Balaban J connectivity index is 2.62. The molecule has 5 nitrogen and oxygen atoms in total. The first kappa shape index (κ1) is 14.2. The van der Waals surface area contributed by atoms with Gasteiger partial charge in [0.15, 0.2) is 5.69 Å². The Hall–Kier alpha value is -2.21. The van der Waals surface area contributed by atoms with Crippen molar-refractivity contribution in [3.8, 4) is 11.3 Å². The molecule has 2 aromatic rings. The number of hydrogen-bond acceptors (Lipinski definition) is 4. The van der Waals surface area contributed by atoms with Crippen LogP contribution in [0, 0.1) is 15.9 Å². The fourth-order valence-electron chi connectivity index (χ4n) is 1.78. The average molecular weight is 296 g/mol. The number of nitrogens with zero attached hydrogens (tertiary/aromatic N) is 2. The summed E-state index contributed by atoms with van der Waals surface area (Å²) in [5.41, 5.74) is 0.143. The Morgan fingerprint density at radius 2 is 2.15 bits per heavy atom. The van der Waals surface area contributed by atoms with Gasteiger partial charge < -0.3 is 5.32 Å². The van der Waals surface area contributed by atoms with Crippen molar-refractivity contribution in [1.82, 2.24) is 4.98 Å². The zero-order chi connectivity index (χ0) is 14.7. The van der Waals surface area contributed by atoms with Crippen LogP contribution in [0.1, 0.15) is 6.92 Å². The van der Waals surface area contributed by atoms with E-state index in [1.54, 1.807) is 0 Å². The van der Waals surface area contributed by atoms with Gasteiger partial charge in [0.2, 0.25) is 0 Å². The number of nitro groups is 1. The maximum atomic E-state index is 13.4. The van der Waals surface area contributed by atoms with Crippen LogP contribution in [0.4, 0.5) is 15.9 Å². The predicted molar refractivity (Wildman–Crippen MR) is 75.5 cm³/mol. The zero-order valence-electron chi connectivity index (χ0n) is 10.6. The van der Waals surface area contributed by atoms with Crippen molar-refractivity contribution in [2.75, 3.05) is 11.9 Å². The summed E-state index contributed by atoms with van der Waals surface area (Å²) in [5.74, 6) is -0.0917. The number of rotatable bonds is 4. The van der Waals surface area contributed by atoms with E-state index in [0.29, 0.717) is 12.4 Å². The molecule has 0 saturated heterocycles. The summed E-state index contributed by atoms with van der Waals surface area (Å²) in [6.07, 6.45) is 0. The quantitative estimate of drug-likeness (QED) is 0.686. The zero-order valence-corrected chi connectivity index (χ0v) is 11.3. The molecule has 0 spiro atoms. The Bertz CT molecular complexity index is 644. The fraction of sp³-hybridized carbons (Fsp3) is 0.154. The van der Waals surface area contributed by atoms with Gasteiger partial charge in [-0.3, -0.25) is 10.1 Å². The van der Waals surface area contributed by atoms with Crippen LogP contribution in [0.5, 0.6) is 0 Å². The Kier molecular flexibility index (Phi) is 4.14. The molecule has 0 bridgehead atoms. The SMILES string of the molecule is CCNc1ccc([N+](=O)[O-])c(-c2cc(F)cc(Cl)c2)n1. The third-order valence-corrected chi connectivity index (χ3v) is 2.78. The van der Waals surface area contributed by atoms with Crippen molar-refractivity contribution in [2.24, 2.45) is 0 Å². The van der Waals surface area contributed by atoms with Crippen molar-refractivity contribution in [1.29, 1.82) is 0 Å². The van der Waals surface area contributed by atoms with E-state index >= 15 is 0 Å². The third-order valence-electron chi connectivity index (χ3n) is 2.56. The molecule has 0 aliphatic heterocycles. The first-order valence-electron chi connectivity index (χ1n) is 5.87. The van der Waals surface area contributed by atoms with Crippen molar-refractivity contribution in [3.05, 3.63) is 51.3 Å². The van der Waals surface area contributed by atoms with Crippen LogP contribution in [0.25, 0.3) is 11.3 Å². The lowest BCUT2D eigenvalue weighted by atomic mass is 10.1. The van der Waals surface area contributed by atoms with Gasteiger partial charge in [0.1, 0.15) is 11.6 Å². The molecule has 0 amide bonds. The van der Waals surface area contributed by atoms with E-state index < -0.39 is 10.7 Å². The van der Waals surface area contributed by atoms with Gasteiger partial charge in [-0.15, -0.1) is 0 Å². The van der Waals surface area contributed by atoms with Crippen LogP contribution in [-0.4, -0.2) is 16.5 Å². The first-order chi connectivity index (χ1) is 9.51. The second-order valence-electron chi connectivity index (χ2n) is 4.01. The lowest BCUT2D eigenvalue weighted by molar-refractivity contribution is -0.384. The molecule has 20 heavy (non-hydrogen) atoms. The van der Waals surface area contributed by atoms with E-state index in [0.717, 1.165) is 12.1 Å². The van der Waals surface area contributed by atoms with E-state index in [1.165, 1.54) is 18.2 Å². The molecule has 0 aliphatic carbocycles. The molecule has 0 radical (unpaired) electrons. The van der Waals surface area contributed by atoms with E-state index in [4.69, 9.17) is 11.6 Å². The number of anilines is 1. The van der Waals surface area contributed by atoms with Gasteiger partial charge in [0.25, 0.3) is 5.69 Å². The third kappa shape index (κ3) is 3.03. The predicted octanol–water partition coefficient (Wildman–Crippen LogP) is 3.88. The van der Waals surface area contributed by atoms with Gasteiger partial charge in [-0.05, 0) is 31.2 Å². The number of pyridine rings is 1. The highest BCUT2D eigenvalue weighted by Gasteiger charge is 2.18. The number of benzene rings is 1. The van der Waals surface area contributed by atoms with E-state index in [2.05, 4.69) is 10.3 Å². The van der Waals surface area contributed by atoms with Crippen LogP contribution in [0.3, 0.4) is 0 Å². The second-order valence-corrected chi connectivity index (χ2v) is 4.45. The monoisotopic (exact) mass is 295 g/mol. The molecule has 0 aliphatic rings. The minimum Gasteiger partial charge on any atom is -0.370 e. The maximum Gasteiger partial charge on any atom is 0.295 e. The van der Waals surface area contributed by atoms with E-state index in [-0.39, 0.29) is 22.0 Å². The molecule has 7 heteroatoms. The smallest absolute Gasteiger partial charge is 0.295 e. The lowest BCUT2D eigenvalue weighted by Gasteiger charge is -2.07. The first-order valence-corrected chi connectivity index (χ1v) is 6.25. The molecule has 1 aromatic carbocycles. The summed E-state index contributed by atoms with van der Waals surface area (Å²) < 4.78 is 13.4. The summed E-state index contributed by atoms with van der Waals surface area (Å²) in [4.78, 5) is 14.7. The van der Waals surface area contributed by atoms with Gasteiger partial charge in [-0.25, -0.2) is 9.37 Å². The summed E-state index contributed by atoms with van der Waals surface area (Å²) in [6.45, 7) is 2.50. The topological polar surface area (TPSA) is 68.1 Å². The Morgan fingerprint density at radius 3 is 2.75 bits per heavy atom. The number of hydrogen-bond donors (Lipinski definition) is 1. The number of halogens is 2. The molecular formula is C13H11ClFN3O2. The number of nitrogens with one attached hydrogen (secondary N) is 1. The highest BCUT2D eigenvalue weighted by Crippen LogP contribution is 2.31. The molecule has 1 heterocycles. The Labute approximate surface area is 119 Å². The summed E-state index contributed by atoms with van der Waals surface area (Å²) in [5, 5.41) is 14.2. The van der Waals surface area contributed by atoms with Crippen LogP contribution in [0.2, 0.25) is 5.02 Å². The second kappa shape index (κ2) is 5.83. The van der Waals surface area contributed by atoms with Crippen LogP contribution >= 0.6 is 11.6 Å². The lowest BCUT2D eigenvalue weighted by Crippen LogP contribution is -2.02. The molecule has 1 N–H and O–H groups in total. The highest BCUT2D eigenvalue weighted by molar-refractivity contribution is 6.30.